The van der Waals surface area contributed by atoms with Gasteiger partial charge in [-0.15, -0.1) is 0 Å². The molecular weight excluding hydrogens is 531 g/mol. The predicted molar refractivity (Wildman–Crippen MR) is 152 cm³/mol. The van der Waals surface area contributed by atoms with Crippen LogP contribution in [-0.4, -0.2) is 43.1 Å². The van der Waals surface area contributed by atoms with Crippen LogP contribution in [0.1, 0.15) is 98.7 Å². The molecule has 0 aliphatic carbocycles. The van der Waals surface area contributed by atoms with Gasteiger partial charge in [-0.05, 0) is 43.2 Å². The largest absolute Gasteiger partial charge is 0.435 e. The molecule has 4 aromatic rings. The van der Waals surface area contributed by atoms with Gasteiger partial charge >= 0.3 is 6.18 Å². The minimum atomic E-state index is -4.61. The van der Waals surface area contributed by atoms with Gasteiger partial charge in [0.1, 0.15) is 0 Å². The Morgan fingerprint density at radius 3 is 2.54 bits per heavy atom. The van der Waals surface area contributed by atoms with Gasteiger partial charge in [-0.25, -0.2) is 4.98 Å². The van der Waals surface area contributed by atoms with Gasteiger partial charge in [-0.2, -0.15) is 18.3 Å². The number of hydrogen-bond acceptors (Lipinski definition) is 5. The van der Waals surface area contributed by atoms with Crippen molar-refractivity contribution in [2.75, 3.05) is 13.2 Å². The van der Waals surface area contributed by atoms with Crippen LogP contribution in [0.15, 0.2) is 43.0 Å². The van der Waals surface area contributed by atoms with E-state index < -0.39 is 11.9 Å². The minimum Gasteiger partial charge on any atom is -0.381 e. The maximum Gasteiger partial charge on any atom is 0.435 e. The SMILES string of the molecule is CCCOCCCC(=O)c1ccc(Cc2nccn3c(-c4cn(C(CC)CC)nc4C(F)(F)F)cnc23)cc1CC. The van der Waals surface area contributed by atoms with Gasteiger partial charge in [0.25, 0.3) is 0 Å². The molecule has 0 N–H and O–H groups in total. The average Bonchev–Trinajstić information content (AvgIpc) is 3.59. The minimum absolute atomic E-state index is 0.00900. The molecule has 0 saturated carbocycles. The molecule has 3 heterocycles. The fourth-order valence-corrected chi connectivity index (χ4v) is 5.17. The Balaban J connectivity index is 1.62. The molecule has 220 valence electrons. The number of hydrogen-bond donors (Lipinski definition) is 0. The number of Topliss-reactive ketones (excluding diaryl/α,β-unsaturated/α-hetero) is 1. The number of ether oxygens (including phenoxy) is 1. The molecule has 0 unspecified atom stereocenters. The van der Waals surface area contributed by atoms with Gasteiger partial charge in [0.05, 0.1) is 29.2 Å². The van der Waals surface area contributed by atoms with Gasteiger partial charge in [-0.1, -0.05) is 45.9 Å². The number of aromatic nitrogens is 5. The maximum absolute atomic E-state index is 14.0. The van der Waals surface area contributed by atoms with Crippen molar-refractivity contribution in [1.82, 2.24) is 24.1 Å². The topological polar surface area (TPSA) is 74.3 Å². The third-order valence-corrected chi connectivity index (χ3v) is 7.36. The summed E-state index contributed by atoms with van der Waals surface area (Å²) in [5.74, 6) is 0.0982. The number of nitrogens with zero attached hydrogens (tertiary/aromatic N) is 5. The zero-order chi connectivity index (χ0) is 29.6. The Hall–Kier alpha value is -3.53. The number of fused-ring (bicyclic) bond motifs is 1. The summed E-state index contributed by atoms with van der Waals surface area (Å²) in [6.07, 6.45) is 6.06. The molecule has 0 radical (unpaired) electrons. The number of rotatable bonds is 14. The van der Waals surface area contributed by atoms with Crippen LogP contribution in [0, 0.1) is 0 Å². The van der Waals surface area contributed by atoms with E-state index in [-0.39, 0.29) is 17.4 Å². The first-order chi connectivity index (χ1) is 19.7. The van der Waals surface area contributed by atoms with Crippen LogP contribution in [-0.2, 0) is 23.8 Å². The number of carbonyl (C=O) groups is 1. The lowest BCUT2D eigenvalue weighted by Crippen LogP contribution is -2.12. The monoisotopic (exact) mass is 569 g/mol. The van der Waals surface area contributed by atoms with Gasteiger partial charge in [0.15, 0.2) is 17.1 Å². The quantitative estimate of drug-likeness (QED) is 0.116. The van der Waals surface area contributed by atoms with E-state index in [9.17, 15) is 18.0 Å². The van der Waals surface area contributed by atoms with Crippen molar-refractivity contribution >= 4 is 11.4 Å². The summed E-state index contributed by atoms with van der Waals surface area (Å²) >= 11 is 0. The molecule has 0 aliphatic heterocycles. The Morgan fingerprint density at radius 2 is 1.85 bits per heavy atom. The molecule has 41 heavy (non-hydrogen) atoms. The highest BCUT2D eigenvalue weighted by atomic mass is 19.4. The number of carbonyl (C=O) groups excluding carboxylic acids is 1. The van der Waals surface area contributed by atoms with Crippen LogP contribution in [0.5, 0.6) is 0 Å². The Morgan fingerprint density at radius 1 is 1.07 bits per heavy atom. The van der Waals surface area contributed by atoms with Crippen molar-refractivity contribution in [3.8, 4) is 11.3 Å². The van der Waals surface area contributed by atoms with Crippen LogP contribution in [0.3, 0.4) is 0 Å². The van der Waals surface area contributed by atoms with Crippen LogP contribution < -0.4 is 0 Å². The zero-order valence-corrected chi connectivity index (χ0v) is 24.2. The normalized spacial score (nSPS) is 12.1. The standard InChI is InChI=1S/C31H38F3N5O2/c1-5-15-41-16-9-10-28(40)24-12-11-21(17-22(24)6-2)18-26-30-36-19-27(38(30)14-13-35-26)25-20-39(23(7-3)8-4)37-29(25)31(32,33)34/h11-14,17,19-20,23H,5-10,15-16,18H2,1-4H3. The Labute approximate surface area is 238 Å². The molecule has 0 fully saturated rings. The van der Waals surface area contributed by atoms with Gasteiger partial charge < -0.3 is 4.74 Å². The predicted octanol–water partition coefficient (Wildman–Crippen LogP) is 7.52. The lowest BCUT2D eigenvalue weighted by Gasteiger charge is -2.12. The Bertz CT molecular complexity index is 1470. The molecule has 0 saturated heterocycles. The molecule has 0 bridgehead atoms. The van der Waals surface area contributed by atoms with Crippen LogP contribution in [0.2, 0.25) is 0 Å². The molecular formula is C31H38F3N5O2. The fraction of sp³-hybridized carbons (Fsp3) is 0.484. The first-order valence-electron chi connectivity index (χ1n) is 14.4. The summed E-state index contributed by atoms with van der Waals surface area (Å²) in [5.41, 5.74) is 3.13. The molecule has 0 atom stereocenters. The highest BCUT2D eigenvalue weighted by Gasteiger charge is 2.39. The smallest absolute Gasteiger partial charge is 0.381 e. The van der Waals surface area contributed by atoms with Crippen LogP contribution in [0.25, 0.3) is 16.9 Å². The maximum atomic E-state index is 14.0. The van der Waals surface area contributed by atoms with E-state index in [0.717, 1.165) is 23.1 Å². The Kier molecular flexibility index (Phi) is 9.96. The molecule has 0 amide bonds. The molecule has 1 aromatic carbocycles. The first kappa shape index (κ1) is 30.4. The highest BCUT2D eigenvalue weighted by molar-refractivity contribution is 5.97. The molecule has 3 aromatic heterocycles. The van der Waals surface area contributed by atoms with Gasteiger partial charge in [-0.3, -0.25) is 18.9 Å². The van der Waals surface area contributed by atoms with Gasteiger partial charge in [0.2, 0.25) is 0 Å². The number of alkyl halides is 3. The number of halogens is 3. The van der Waals surface area contributed by atoms with Crippen LogP contribution in [0.4, 0.5) is 13.2 Å². The van der Waals surface area contributed by atoms with E-state index >= 15 is 0 Å². The summed E-state index contributed by atoms with van der Waals surface area (Å²) in [4.78, 5) is 21.8. The molecule has 10 heteroatoms. The zero-order valence-electron chi connectivity index (χ0n) is 24.2. The lowest BCUT2D eigenvalue weighted by atomic mass is 9.95. The van der Waals surface area contributed by atoms with Crippen molar-refractivity contribution in [2.24, 2.45) is 0 Å². The molecule has 4 rings (SSSR count). The lowest BCUT2D eigenvalue weighted by molar-refractivity contribution is -0.141. The van der Waals surface area contributed by atoms with Crippen molar-refractivity contribution in [1.29, 1.82) is 0 Å². The third-order valence-electron chi connectivity index (χ3n) is 7.36. The number of ketones is 1. The van der Waals surface area contributed by atoms with Crippen molar-refractivity contribution in [3.05, 3.63) is 71.1 Å². The number of aryl methyl sites for hydroxylation is 1. The van der Waals surface area contributed by atoms with E-state index in [0.29, 0.717) is 68.8 Å². The summed E-state index contributed by atoms with van der Waals surface area (Å²) in [6.45, 7) is 9.21. The van der Waals surface area contributed by atoms with Crippen molar-refractivity contribution in [2.45, 2.75) is 84.9 Å². The first-order valence-corrected chi connectivity index (χ1v) is 14.4. The number of benzene rings is 1. The van der Waals surface area contributed by atoms with Crippen molar-refractivity contribution < 1.29 is 22.7 Å². The van der Waals surface area contributed by atoms with E-state index in [1.807, 2.05) is 39.0 Å². The van der Waals surface area contributed by atoms with E-state index in [1.165, 1.54) is 17.1 Å². The van der Waals surface area contributed by atoms with E-state index in [2.05, 4.69) is 22.0 Å². The van der Waals surface area contributed by atoms with Crippen LogP contribution >= 0.6 is 0 Å². The summed E-state index contributed by atoms with van der Waals surface area (Å²) < 4.78 is 50.6. The van der Waals surface area contributed by atoms with Crippen molar-refractivity contribution in [3.63, 3.8) is 0 Å². The summed E-state index contributed by atoms with van der Waals surface area (Å²) in [6, 6.07) is 5.66. The second kappa shape index (κ2) is 13.4. The second-order valence-electron chi connectivity index (χ2n) is 10.2. The molecule has 0 spiro atoms. The average molecular weight is 570 g/mol. The highest BCUT2D eigenvalue weighted by Crippen LogP contribution is 2.37. The van der Waals surface area contributed by atoms with E-state index in [4.69, 9.17) is 4.74 Å². The fourth-order valence-electron chi connectivity index (χ4n) is 5.17. The third kappa shape index (κ3) is 6.86. The van der Waals surface area contributed by atoms with E-state index in [1.54, 1.807) is 16.8 Å². The molecule has 7 nitrogen and oxygen atoms in total. The number of imidazole rings is 1. The second-order valence-corrected chi connectivity index (χ2v) is 10.2. The molecule has 0 aliphatic rings. The van der Waals surface area contributed by atoms with Gasteiger partial charge in [0, 0.05) is 50.2 Å². The summed E-state index contributed by atoms with van der Waals surface area (Å²) in [5, 5.41) is 3.95. The summed E-state index contributed by atoms with van der Waals surface area (Å²) in [7, 11) is 0.